The highest BCUT2D eigenvalue weighted by molar-refractivity contribution is 5.95. The van der Waals surface area contributed by atoms with Crippen LogP contribution in [0.3, 0.4) is 0 Å². The maximum atomic E-state index is 12.6. The lowest BCUT2D eigenvalue weighted by Crippen LogP contribution is -2.43. The van der Waals surface area contributed by atoms with Gasteiger partial charge < -0.3 is 20.3 Å². The van der Waals surface area contributed by atoms with Gasteiger partial charge in [-0.25, -0.2) is 0 Å². The number of benzene rings is 1. The van der Waals surface area contributed by atoms with Crippen LogP contribution in [0, 0.1) is 0 Å². The third kappa shape index (κ3) is 4.13. The van der Waals surface area contributed by atoms with Crippen LogP contribution in [-0.2, 0) is 0 Å². The minimum atomic E-state index is -0.0209. The number of nitrogens with zero attached hydrogens (tertiary/aromatic N) is 2. The number of nitrogens with two attached hydrogens (primary N) is 1. The molecule has 5 nitrogen and oxygen atoms in total. The predicted molar refractivity (Wildman–Crippen MR) is 82.1 cm³/mol. The van der Waals surface area contributed by atoms with E-state index < -0.39 is 0 Å². The third-order valence-corrected chi connectivity index (χ3v) is 3.17. The lowest BCUT2D eigenvalue weighted by molar-refractivity contribution is 0.0678. The Morgan fingerprint density at radius 2 is 2.00 bits per heavy atom. The van der Waals surface area contributed by atoms with Gasteiger partial charge in [-0.2, -0.15) is 0 Å². The van der Waals surface area contributed by atoms with Crippen molar-refractivity contribution < 1.29 is 9.53 Å². The molecule has 0 radical (unpaired) electrons. The minimum Gasteiger partial charge on any atom is -0.497 e. The zero-order chi connectivity index (χ0) is 15.3. The fourth-order valence-corrected chi connectivity index (χ4v) is 2.31. The predicted octanol–water partition coefficient (Wildman–Crippen LogP) is 1.69. The zero-order valence-corrected chi connectivity index (χ0v) is 13.0. The zero-order valence-electron chi connectivity index (χ0n) is 13.0. The van der Waals surface area contributed by atoms with Crippen LogP contribution in [0.5, 0.6) is 5.75 Å². The summed E-state index contributed by atoms with van der Waals surface area (Å²) in [4.78, 5) is 16.5. The molecule has 0 fully saturated rings. The normalized spacial score (nSPS) is 12.3. The lowest BCUT2D eigenvalue weighted by Gasteiger charge is -2.30. The molecule has 1 aromatic carbocycles. The van der Waals surface area contributed by atoms with Gasteiger partial charge >= 0.3 is 0 Å². The first-order chi connectivity index (χ1) is 9.38. The van der Waals surface area contributed by atoms with Gasteiger partial charge in [0, 0.05) is 36.4 Å². The van der Waals surface area contributed by atoms with Crippen LogP contribution >= 0.6 is 0 Å². The quantitative estimate of drug-likeness (QED) is 0.805. The Bertz CT molecular complexity index is 460. The molecule has 0 spiro atoms. The Kier molecular flexibility index (Phi) is 5.82. The maximum absolute atomic E-state index is 12.6. The van der Waals surface area contributed by atoms with Crippen LogP contribution in [0.1, 0.15) is 24.2 Å². The van der Waals surface area contributed by atoms with Gasteiger partial charge in [0.15, 0.2) is 0 Å². The van der Waals surface area contributed by atoms with Gasteiger partial charge in [-0.15, -0.1) is 0 Å². The average molecular weight is 279 g/mol. The number of carbonyl (C=O) groups excluding carboxylic acids is 1. The summed E-state index contributed by atoms with van der Waals surface area (Å²) in [5.41, 5.74) is 6.91. The summed E-state index contributed by atoms with van der Waals surface area (Å²) in [5.74, 6) is 0.581. The molecule has 1 unspecified atom stereocenters. The fraction of sp³-hybridized carbons (Fsp3) is 0.533. The van der Waals surface area contributed by atoms with Crippen LogP contribution in [0.25, 0.3) is 0 Å². The van der Waals surface area contributed by atoms with E-state index in [-0.39, 0.29) is 11.9 Å². The highest BCUT2D eigenvalue weighted by Gasteiger charge is 2.21. The van der Waals surface area contributed by atoms with Crippen molar-refractivity contribution in [1.29, 1.82) is 0 Å². The van der Waals surface area contributed by atoms with E-state index in [1.807, 2.05) is 32.8 Å². The smallest absolute Gasteiger partial charge is 0.254 e. The van der Waals surface area contributed by atoms with Crippen LogP contribution in [0.2, 0.25) is 0 Å². The summed E-state index contributed by atoms with van der Waals surface area (Å²) in [6.07, 6.45) is 0. The molecule has 5 heteroatoms. The first-order valence-electron chi connectivity index (χ1n) is 6.79. The van der Waals surface area contributed by atoms with Crippen molar-refractivity contribution >= 4 is 11.6 Å². The SMILES string of the molecule is CCN(C(=O)c1cc(N)cc(OC)c1)C(C)CN(C)C. The Hall–Kier alpha value is -1.75. The monoisotopic (exact) mass is 279 g/mol. The fourth-order valence-electron chi connectivity index (χ4n) is 2.31. The second kappa shape index (κ2) is 7.14. The third-order valence-electron chi connectivity index (χ3n) is 3.17. The molecule has 0 aromatic heterocycles. The summed E-state index contributed by atoms with van der Waals surface area (Å²) in [7, 11) is 5.56. The largest absolute Gasteiger partial charge is 0.497 e. The molecule has 0 saturated carbocycles. The van der Waals surface area contributed by atoms with E-state index in [0.717, 1.165) is 6.54 Å². The van der Waals surface area contributed by atoms with Crippen LogP contribution in [0.4, 0.5) is 5.69 Å². The van der Waals surface area contributed by atoms with Crippen LogP contribution in [0.15, 0.2) is 18.2 Å². The number of likely N-dealkylation sites (N-methyl/N-ethyl adjacent to an activating group) is 2. The molecule has 1 atom stereocenters. The van der Waals surface area contributed by atoms with E-state index in [4.69, 9.17) is 10.5 Å². The molecule has 2 N–H and O–H groups in total. The van der Waals surface area contributed by atoms with Crippen molar-refractivity contribution in [3.8, 4) is 5.75 Å². The maximum Gasteiger partial charge on any atom is 0.254 e. The van der Waals surface area contributed by atoms with Crippen molar-refractivity contribution in [2.45, 2.75) is 19.9 Å². The van der Waals surface area contributed by atoms with Gasteiger partial charge in [-0.05, 0) is 40.1 Å². The number of rotatable bonds is 6. The van der Waals surface area contributed by atoms with Gasteiger partial charge in [-0.3, -0.25) is 4.79 Å². The van der Waals surface area contributed by atoms with Crippen LogP contribution < -0.4 is 10.5 Å². The Labute approximate surface area is 121 Å². The molecule has 20 heavy (non-hydrogen) atoms. The molecule has 0 bridgehead atoms. The second-order valence-corrected chi connectivity index (χ2v) is 5.20. The van der Waals surface area contributed by atoms with E-state index in [9.17, 15) is 4.79 Å². The average Bonchev–Trinajstić information content (AvgIpc) is 2.37. The van der Waals surface area contributed by atoms with E-state index in [2.05, 4.69) is 4.90 Å². The van der Waals surface area contributed by atoms with Crippen molar-refractivity contribution in [1.82, 2.24) is 9.80 Å². The van der Waals surface area contributed by atoms with Gasteiger partial charge in [0.1, 0.15) is 5.75 Å². The first kappa shape index (κ1) is 16.3. The summed E-state index contributed by atoms with van der Waals surface area (Å²) in [5, 5.41) is 0. The number of nitrogen functional groups attached to an aromatic ring is 1. The summed E-state index contributed by atoms with van der Waals surface area (Å²) >= 11 is 0. The molecule has 0 saturated heterocycles. The Morgan fingerprint density at radius 1 is 1.35 bits per heavy atom. The van der Waals surface area contributed by atoms with Gasteiger partial charge in [0.2, 0.25) is 0 Å². The molecular weight excluding hydrogens is 254 g/mol. The number of anilines is 1. The highest BCUT2D eigenvalue weighted by atomic mass is 16.5. The van der Waals surface area contributed by atoms with Gasteiger partial charge in [-0.1, -0.05) is 0 Å². The molecule has 112 valence electrons. The molecule has 1 amide bonds. The minimum absolute atomic E-state index is 0.0209. The molecular formula is C15H25N3O2. The molecule has 0 aliphatic carbocycles. The highest BCUT2D eigenvalue weighted by Crippen LogP contribution is 2.20. The van der Waals surface area contributed by atoms with E-state index in [1.54, 1.807) is 25.3 Å². The van der Waals surface area contributed by atoms with Gasteiger partial charge in [0.25, 0.3) is 5.91 Å². The second-order valence-electron chi connectivity index (χ2n) is 5.20. The molecule has 0 aliphatic heterocycles. The first-order valence-corrected chi connectivity index (χ1v) is 6.79. The topological polar surface area (TPSA) is 58.8 Å². The van der Waals surface area contributed by atoms with Crippen LogP contribution in [-0.4, -0.2) is 56.0 Å². The van der Waals surface area contributed by atoms with E-state index in [0.29, 0.717) is 23.5 Å². The van der Waals surface area contributed by atoms with Crippen molar-refractivity contribution in [3.63, 3.8) is 0 Å². The number of amides is 1. The summed E-state index contributed by atoms with van der Waals surface area (Å²) in [6.45, 7) is 5.50. The number of methoxy groups -OCH3 is 1. The number of hydrogen-bond donors (Lipinski definition) is 1. The van der Waals surface area contributed by atoms with E-state index in [1.165, 1.54) is 0 Å². The van der Waals surface area contributed by atoms with Crippen molar-refractivity contribution in [3.05, 3.63) is 23.8 Å². The molecule has 0 aliphatic rings. The summed E-state index contributed by atoms with van der Waals surface area (Å²) in [6, 6.07) is 5.26. The molecule has 1 aromatic rings. The van der Waals surface area contributed by atoms with Crippen molar-refractivity contribution in [2.75, 3.05) is 40.0 Å². The van der Waals surface area contributed by atoms with Gasteiger partial charge in [0.05, 0.1) is 7.11 Å². The molecule has 1 rings (SSSR count). The molecule has 0 heterocycles. The standard InChI is InChI=1S/C15H25N3O2/c1-6-18(11(2)10-17(3)4)15(19)12-7-13(16)9-14(8-12)20-5/h7-9,11H,6,10,16H2,1-5H3. The van der Waals surface area contributed by atoms with E-state index >= 15 is 0 Å². The lowest BCUT2D eigenvalue weighted by atomic mass is 10.1. The number of hydrogen-bond acceptors (Lipinski definition) is 4. The Morgan fingerprint density at radius 3 is 2.50 bits per heavy atom. The number of ether oxygens (including phenoxy) is 1. The summed E-state index contributed by atoms with van der Waals surface area (Å²) < 4.78 is 5.17. The Balaban J connectivity index is 2.98. The number of carbonyl (C=O) groups is 1. The van der Waals surface area contributed by atoms with Crippen molar-refractivity contribution in [2.24, 2.45) is 0 Å².